The Morgan fingerprint density at radius 1 is 1.05 bits per heavy atom. The van der Waals surface area contributed by atoms with Crippen molar-refractivity contribution in [2.75, 3.05) is 0 Å². The summed E-state index contributed by atoms with van der Waals surface area (Å²) in [6.07, 6.45) is 1.41. The van der Waals surface area contributed by atoms with Crippen molar-refractivity contribution >= 4 is 5.78 Å². The van der Waals surface area contributed by atoms with Crippen LogP contribution in [0.1, 0.15) is 10.4 Å². The fourth-order valence-corrected chi connectivity index (χ4v) is 1.74. The first kappa shape index (κ1) is 14.2. The van der Waals surface area contributed by atoms with E-state index in [2.05, 4.69) is 0 Å². The van der Waals surface area contributed by atoms with Gasteiger partial charge in [0.1, 0.15) is 5.75 Å². The second kappa shape index (κ2) is 4.43. The van der Waals surface area contributed by atoms with E-state index in [9.17, 15) is 35.4 Å². The van der Waals surface area contributed by atoms with Crippen LogP contribution in [-0.4, -0.2) is 48.0 Å². The first-order chi connectivity index (χ1) is 9.17. The Hall–Kier alpha value is -2.19. The number of carbonyl (C=O) groups is 1. The van der Waals surface area contributed by atoms with Crippen LogP contribution in [0, 0.1) is 0 Å². The van der Waals surface area contributed by atoms with Gasteiger partial charge in [-0.15, -0.1) is 0 Å². The number of aliphatic hydroxyl groups is 5. The predicted octanol–water partition coefficient (Wildman–Crippen LogP) is -0.681. The molecular weight excluding hydrogens is 268 g/mol. The average Bonchev–Trinajstić information content (AvgIpc) is 2.36. The minimum Gasteiger partial charge on any atom is -0.508 e. The number of aliphatic hydroxyl groups excluding tert-OH is 1. The first-order valence-corrected chi connectivity index (χ1v) is 5.53. The predicted molar refractivity (Wildman–Crippen MR) is 65.6 cm³/mol. The minimum atomic E-state index is -3.41. The van der Waals surface area contributed by atoms with Crippen molar-refractivity contribution in [1.82, 2.24) is 0 Å². The van der Waals surface area contributed by atoms with E-state index in [1.54, 1.807) is 0 Å². The number of Topliss-reactive ketones (excluding diaryl/α,β-unsaturated/α-hetero) is 1. The van der Waals surface area contributed by atoms with Crippen LogP contribution in [0.5, 0.6) is 5.75 Å². The molecule has 0 aromatic heterocycles. The molecule has 0 heterocycles. The van der Waals surface area contributed by atoms with Crippen molar-refractivity contribution in [3.05, 3.63) is 53.3 Å². The van der Waals surface area contributed by atoms with Crippen molar-refractivity contribution in [3.63, 3.8) is 0 Å². The van der Waals surface area contributed by atoms with Gasteiger partial charge in [-0.2, -0.15) is 0 Å². The van der Waals surface area contributed by atoms with Crippen molar-refractivity contribution in [2.24, 2.45) is 0 Å². The summed E-state index contributed by atoms with van der Waals surface area (Å²) in [6, 6.07) is 5.18. The van der Waals surface area contributed by atoms with Crippen molar-refractivity contribution < 1.29 is 35.4 Å². The molecule has 1 aliphatic carbocycles. The number of carbonyl (C=O) groups excluding carboxylic acids is 1. The number of phenolic OH excluding ortho intramolecular Hbond substituents is 1. The third-order valence-electron chi connectivity index (χ3n) is 2.93. The van der Waals surface area contributed by atoms with Crippen LogP contribution in [-0.2, 0) is 0 Å². The van der Waals surface area contributed by atoms with Crippen molar-refractivity contribution in [2.45, 2.75) is 11.6 Å². The Morgan fingerprint density at radius 2 is 1.70 bits per heavy atom. The lowest BCUT2D eigenvalue weighted by Gasteiger charge is -2.35. The molecule has 1 aliphatic rings. The summed E-state index contributed by atoms with van der Waals surface area (Å²) in [4.78, 5) is 12.1. The molecule has 0 saturated carbocycles. The molecule has 1 aromatic rings. The van der Waals surface area contributed by atoms with Crippen LogP contribution in [0.4, 0.5) is 0 Å². The maximum absolute atomic E-state index is 12.1. The number of aromatic hydroxyl groups is 1. The molecule has 0 bridgehead atoms. The van der Waals surface area contributed by atoms with Gasteiger partial charge in [-0.3, -0.25) is 4.79 Å². The van der Waals surface area contributed by atoms with E-state index < -0.39 is 28.7 Å². The van der Waals surface area contributed by atoms with E-state index >= 15 is 0 Å². The van der Waals surface area contributed by atoms with E-state index in [0.29, 0.717) is 6.08 Å². The highest BCUT2D eigenvalue weighted by Gasteiger charge is 2.53. The molecule has 0 spiro atoms. The molecule has 0 aliphatic heterocycles. The van der Waals surface area contributed by atoms with E-state index in [0.717, 1.165) is 12.1 Å². The van der Waals surface area contributed by atoms with Gasteiger partial charge in [0.25, 0.3) is 5.79 Å². The zero-order chi connectivity index (χ0) is 15.1. The van der Waals surface area contributed by atoms with Crippen LogP contribution in [0.15, 0.2) is 47.7 Å². The molecule has 20 heavy (non-hydrogen) atoms. The van der Waals surface area contributed by atoms with Gasteiger partial charge >= 0.3 is 0 Å². The summed E-state index contributed by atoms with van der Waals surface area (Å²) in [5.41, 5.74) is -0.547. The quantitative estimate of drug-likeness (QED) is 0.311. The van der Waals surface area contributed by atoms with E-state index in [1.807, 2.05) is 0 Å². The smallest absolute Gasteiger partial charge is 0.283 e. The van der Waals surface area contributed by atoms with Gasteiger partial charge in [-0.25, -0.2) is 0 Å². The highest BCUT2D eigenvalue weighted by Crippen LogP contribution is 2.33. The molecule has 0 amide bonds. The highest BCUT2D eigenvalue weighted by atomic mass is 16.6. The number of phenols is 1. The van der Waals surface area contributed by atoms with E-state index in [4.69, 9.17) is 0 Å². The highest BCUT2D eigenvalue weighted by molar-refractivity contribution is 6.11. The Bertz CT molecular complexity index is 625. The zero-order valence-electron chi connectivity index (χ0n) is 10.1. The first-order valence-electron chi connectivity index (χ1n) is 5.53. The number of benzene rings is 1. The second-order valence-corrected chi connectivity index (χ2v) is 4.37. The lowest BCUT2D eigenvalue weighted by atomic mass is 9.89. The van der Waals surface area contributed by atoms with Gasteiger partial charge in [0, 0.05) is 5.56 Å². The van der Waals surface area contributed by atoms with Gasteiger partial charge < -0.3 is 30.6 Å². The topological polar surface area (TPSA) is 138 Å². The molecule has 7 nitrogen and oxygen atoms in total. The third-order valence-corrected chi connectivity index (χ3v) is 2.93. The molecule has 0 saturated heterocycles. The van der Waals surface area contributed by atoms with Gasteiger partial charge in [0.15, 0.2) is 11.5 Å². The summed E-state index contributed by atoms with van der Waals surface area (Å²) in [6.45, 7) is 0. The zero-order valence-corrected chi connectivity index (χ0v) is 10.1. The van der Waals surface area contributed by atoms with E-state index in [-0.39, 0.29) is 11.3 Å². The number of allylic oxidation sites excluding steroid dienone is 2. The van der Waals surface area contributed by atoms with Crippen LogP contribution in [0.25, 0.3) is 0 Å². The molecule has 0 unspecified atom stereocenters. The second-order valence-electron chi connectivity index (χ2n) is 4.37. The molecule has 0 radical (unpaired) electrons. The summed E-state index contributed by atoms with van der Waals surface area (Å²) in [5.74, 6) is -8.84. The van der Waals surface area contributed by atoms with Gasteiger partial charge in [-0.1, -0.05) is 12.1 Å². The maximum atomic E-state index is 12.1. The molecule has 106 valence electrons. The third kappa shape index (κ3) is 2.08. The summed E-state index contributed by atoms with van der Waals surface area (Å²) in [7, 11) is 0. The number of rotatable bonds is 2. The lowest BCUT2D eigenvalue weighted by Crippen LogP contribution is -2.56. The fraction of sp³-hybridized carbons (Fsp3) is 0.154. The van der Waals surface area contributed by atoms with Crippen LogP contribution < -0.4 is 0 Å². The Labute approximate surface area is 113 Å². The van der Waals surface area contributed by atoms with Gasteiger partial charge in [-0.05, 0) is 24.3 Å². The average molecular weight is 280 g/mol. The normalized spacial score (nSPS) is 20.0. The van der Waals surface area contributed by atoms with Crippen LogP contribution in [0.2, 0.25) is 0 Å². The van der Waals surface area contributed by atoms with Crippen LogP contribution >= 0.6 is 0 Å². The summed E-state index contributed by atoms with van der Waals surface area (Å²) < 4.78 is 0. The number of hydrogen-bond acceptors (Lipinski definition) is 7. The number of hydrogen-bond donors (Lipinski definition) is 6. The molecule has 6 N–H and O–H groups in total. The number of ketones is 1. The monoisotopic (exact) mass is 280 g/mol. The molecular formula is C13H12O7. The van der Waals surface area contributed by atoms with Crippen molar-refractivity contribution in [1.29, 1.82) is 0 Å². The summed E-state index contributed by atoms with van der Waals surface area (Å²) >= 11 is 0. The minimum absolute atomic E-state index is 0.0182. The molecule has 1 aromatic carbocycles. The molecule has 0 atom stereocenters. The Kier molecular flexibility index (Phi) is 3.15. The standard InChI is InChI=1S/C13H12O7/c14-8-3-1-2-7(6-8)10(15)9-4-5-12(17,18)13(19,20)11(9)16/h1-6,14,16-20H. The van der Waals surface area contributed by atoms with Crippen molar-refractivity contribution in [3.8, 4) is 5.75 Å². The van der Waals surface area contributed by atoms with Gasteiger partial charge in [0.05, 0.1) is 5.57 Å². The largest absolute Gasteiger partial charge is 0.508 e. The summed E-state index contributed by atoms with van der Waals surface area (Å²) in [5, 5.41) is 56.5. The fourth-order valence-electron chi connectivity index (χ4n) is 1.74. The molecule has 7 heteroatoms. The molecule has 0 fully saturated rings. The van der Waals surface area contributed by atoms with Gasteiger partial charge in [0.2, 0.25) is 5.79 Å². The Balaban J connectivity index is 2.49. The Morgan fingerprint density at radius 3 is 2.30 bits per heavy atom. The maximum Gasteiger partial charge on any atom is 0.283 e. The van der Waals surface area contributed by atoms with E-state index in [1.165, 1.54) is 18.2 Å². The molecule has 2 rings (SSSR count). The lowest BCUT2D eigenvalue weighted by molar-refractivity contribution is -0.325. The SMILES string of the molecule is O=C(C1=C(O)C(O)(O)C(O)(O)C=C1)c1cccc(O)c1. The van der Waals surface area contributed by atoms with Crippen LogP contribution in [0.3, 0.4) is 0 Å².